The van der Waals surface area contributed by atoms with Crippen molar-refractivity contribution in [3.8, 4) is 0 Å². The number of carbonyl (C=O) groups excluding carboxylic acids is 1. The number of nitrogens with zero attached hydrogens (tertiary/aromatic N) is 1. The molecule has 0 bridgehead atoms. The summed E-state index contributed by atoms with van der Waals surface area (Å²) >= 11 is 0. The zero-order valence-electron chi connectivity index (χ0n) is 17.7. The molecule has 1 amide bonds. The van der Waals surface area contributed by atoms with E-state index in [0.717, 1.165) is 62.7 Å². The molecule has 162 valence electrons. The van der Waals surface area contributed by atoms with E-state index in [4.69, 9.17) is 14.1 Å². The Labute approximate surface area is 178 Å². The van der Waals surface area contributed by atoms with Crippen molar-refractivity contribution in [2.24, 2.45) is 4.99 Å². The number of benzene rings is 1. The number of hydrogen-bond acceptors (Lipinski definition) is 4. The van der Waals surface area contributed by atoms with Crippen molar-refractivity contribution in [3.63, 3.8) is 0 Å². The second-order valence-electron chi connectivity index (χ2n) is 7.39. The summed E-state index contributed by atoms with van der Waals surface area (Å²) in [5.41, 5.74) is 1.78. The number of amides is 1. The highest BCUT2D eigenvalue weighted by molar-refractivity contribution is 5.94. The number of aliphatic imine (C=N–C) groups is 1. The Kier molecular flexibility index (Phi) is 8.78. The van der Waals surface area contributed by atoms with Crippen molar-refractivity contribution in [2.45, 2.75) is 38.2 Å². The fourth-order valence-corrected chi connectivity index (χ4v) is 3.42. The topological polar surface area (TPSA) is 87.9 Å². The van der Waals surface area contributed by atoms with Crippen molar-refractivity contribution in [3.05, 3.63) is 59.5 Å². The van der Waals surface area contributed by atoms with E-state index in [2.05, 4.69) is 16.0 Å². The van der Waals surface area contributed by atoms with Crippen LogP contribution in [0.25, 0.3) is 0 Å². The van der Waals surface area contributed by atoms with Crippen LogP contribution >= 0.6 is 0 Å². The van der Waals surface area contributed by atoms with Crippen LogP contribution in [-0.2, 0) is 17.6 Å². The molecule has 3 N–H and O–H groups in total. The summed E-state index contributed by atoms with van der Waals surface area (Å²) < 4.78 is 11.2. The fourth-order valence-electron chi connectivity index (χ4n) is 3.42. The highest BCUT2D eigenvalue weighted by Crippen LogP contribution is 2.12. The average molecular weight is 413 g/mol. The van der Waals surface area contributed by atoms with Gasteiger partial charge in [-0.25, -0.2) is 0 Å². The van der Waals surface area contributed by atoms with Crippen LogP contribution in [-0.4, -0.2) is 51.3 Å². The normalized spacial score (nSPS) is 16.8. The van der Waals surface area contributed by atoms with Crippen molar-refractivity contribution in [1.82, 2.24) is 16.0 Å². The lowest BCUT2D eigenvalue weighted by Crippen LogP contribution is -2.40. The van der Waals surface area contributed by atoms with Gasteiger partial charge in [0.25, 0.3) is 5.91 Å². The largest absolute Gasteiger partial charge is 0.469 e. The quantitative estimate of drug-likeness (QED) is 0.435. The Morgan fingerprint density at radius 1 is 1.13 bits per heavy atom. The van der Waals surface area contributed by atoms with Gasteiger partial charge in [-0.15, -0.1) is 0 Å². The SMILES string of the molecule is CNC(=O)c1cccc(CCNC(=NCC2CCCCO2)NCCc2ccco2)c1. The zero-order chi connectivity index (χ0) is 21.0. The predicted octanol–water partition coefficient (Wildman–Crippen LogP) is 2.53. The molecular formula is C23H32N4O3. The maximum absolute atomic E-state index is 11.8. The first-order chi connectivity index (χ1) is 14.7. The number of carbonyl (C=O) groups is 1. The number of ether oxygens (including phenoxy) is 1. The second kappa shape index (κ2) is 12.0. The first-order valence-corrected chi connectivity index (χ1v) is 10.7. The van der Waals surface area contributed by atoms with Crippen LogP contribution < -0.4 is 16.0 Å². The van der Waals surface area contributed by atoms with E-state index in [1.807, 2.05) is 36.4 Å². The van der Waals surface area contributed by atoms with Gasteiger partial charge in [-0.1, -0.05) is 12.1 Å². The Morgan fingerprint density at radius 2 is 2.00 bits per heavy atom. The van der Waals surface area contributed by atoms with Gasteiger partial charge in [0.05, 0.1) is 18.9 Å². The van der Waals surface area contributed by atoms with Gasteiger partial charge < -0.3 is 25.1 Å². The lowest BCUT2D eigenvalue weighted by atomic mass is 10.1. The second-order valence-corrected chi connectivity index (χ2v) is 7.39. The van der Waals surface area contributed by atoms with E-state index in [1.165, 1.54) is 6.42 Å². The first kappa shape index (κ1) is 21.9. The predicted molar refractivity (Wildman–Crippen MR) is 118 cm³/mol. The van der Waals surface area contributed by atoms with Crippen LogP contribution in [0.1, 0.15) is 40.9 Å². The van der Waals surface area contributed by atoms with Crippen LogP contribution in [0.4, 0.5) is 0 Å². The monoisotopic (exact) mass is 412 g/mol. The number of rotatable bonds is 9. The molecule has 1 aliphatic heterocycles. The van der Waals surface area contributed by atoms with Crippen molar-refractivity contribution in [1.29, 1.82) is 0 Å². The molecule has 7 heteroatoms. The fraction of sp³-hybridized carbons (Fsp3) is 0.478. The summed E-state index contributed by atoms with van der Waals surface area (Å²) in [6, 6.07) is 11.6. The smallest absolute Gasteiger partial charge is 0.251 e. The molecule has 0 spiro atoms. The third-order valence-electron chi connectivity index (χ3n) is 5.09. The highest BCUT2D eigenvalue weighted by atomic mass is 16.5. The minimum atomic E-state index is -0.0702. The van der Waals surface area contributed by atoms with Crippen LogP contribution in [0.15, 0.2) is 52.1 Å². The zero-order valence-corrected chi connectivity index (χ0v) is 17.7. The van der Waals surface area contributed by atoms with Crippen LogP contribution in [0.2, 0.25) is 0 Å². The standard InChI is InChI=1S/C23H32N4O3/c1-24-22(28)19-7-4-6-18(16-19)10-12-25-23(26-13-11-20-9-5-15-29-20)27-17-21-8-2-3-14-30-21/h4-7,9,15-16,21H,2-3,8,10-14,17H2,1H3,(H,24,28)(H2,25,26,27). The molecule has 1 saturated heterocycles. The number of hydrogen-bond donors (Lipinski definition) is 3. The molecule has 30 heavy (non-hydrogen) atoms. The molecule has 1 atom stereocenters. The summed E-state index contributed by atoms with van der Waals surface area (Å²) in [6.07, 6.45) is 6.89. The van der Waals surface area contributed by atoms with Crippen molar-refractivity contribution in [2.75, 3.05) is 33.3 Å². The van der Waals surface area contributed by atoms with Crippen LogP contribution in [0.5, 0.6) is 0 Å². The Bertz CT molecular complexity index is 799. The van der Waals surface area contributed by atoms with E-state index in [1.54, 1.807) is 13.3 Å². The molecule has 2 aromatic rings. The van der Waals surface area contributed by atoms with Gasteiger partial charge in [0.2, 0.25) is 0 Å². The van der Waals surface area contributed by atoms with Gasteiger partial charge in [0.15, 0.2) is 5.96 Å². The summed E-state index contributed by atoms with van der Waals surface area (Å²) in [7, 11) is 1.64. The van der Waals surface area contributed by atoms with Gasteiger partial charge in [-0.2, -0.15) is 0 Å². The Balaban J connectivity index is 1.52. The third-order valence-corrected chi connectivity index (χ3v) is 5.09. The Hall–Kier alpha value is -2.80. The number of guanidine groups is 1. The van der Waals surface area contributed by atoms with Crippen LogP contribution in [0.3, 0.4) is 0 Å². The van der Waals surface area contributed by atoms with E-state index < -0.39 is 0 Å². The van der Waals surface area contributed by atoms with Gasteiger partial charge in [0.1, 0.15) is 5.76 Å². The molecule has 1 fully saturated rings. The number of nitrogens with one attached hydrogen (secondary N) is 3. The van der Waals surface area contributed by atoms with Gasteiger partial charge in [-0.3, -0.25) is 9.79 Å². The van der Waals surface area contributed by atoms with Gasteiger partial charge >= 0.3 is 0 Å². The van der Waals surface area contributed by atoms with Crippen molar-refractivity contribution >= 4 is 11.9 Å². The lowest BCUT2D eigenvalue weighted by molar-refractivity contribution is 0.0224. The summed E-state index contributed by atoms with van der Waals surface area (Å²) in [5.74, 6) is 1.65. The minimum Gasteiger partial charge on any atom is -0.469 e. The Morgan fingerprint density at radius 3 is 2.73 bits per heavy atom. The first-order valence-electron chi connectivity index (χ1n) is 10.7. The third kappa shape index (κ3) is 7.22. The van der Waals surface area contributed by atoms with E-state index in [0.29, 0.717) is 12.1 Å². The molecule has 1 aromatic carbocycles. The molecule has 1 unspecified atom stereocenters. The summed E-state index contributed by atoms with van der Waals surface area (Å²) in [6.45, 7) is 2.94. The van der Waals surface area contributed by atoms with E-state index in [9.17, 15) is 4.79 Å². The lowest BCUT2D eigenvalue weighted by Gasteiger charge is -2.21. The maximum Gasteiger partial charge on any atom is 0.251 e. The molecule has 7 nitrogen and oxygen atoms in total. The summed E-state index contributed by atoms with van der Waals surface area (Å²) in [4.78, 5) is 16.6. The van der Waals surface area contributed by atoms with Gasteiger partial charge in [-0.05, 0) is 55.5 Å². The maximum atomic E-state index is 11.8. The van der Waals surface area contributed by atoms with Crippen molar-refractivity contribution < 1.29 is 13.9 Å². The van der Waals surface area contributed by atoms with E-state index >= 15 is 0 Å². The molecule has 1 aliphatic rings. The minimum absolute atomic E-state index is 0.0702. The van der Waals surface area contributed by atoms with Gasteiger partial charge in [0, 0.05) is 38.7 Å². The number of furan rings is 1. The molecule has 0 radical (unpaired) electrons. The molecule has 1 aromatic heterocycles. The molecule has 0 saturated carbocycles. The summed E-state index contributed by atoms with van der Waals surface area (Å²) in [5, 5.41) is 9.45. The van der Waals surface area contributed by atoms with Crippen LogP contribution in [0, 0.1) is 0 Å². The molecule has 0 aliphatic carbocycles. The average Bonchev–Trinajstić information content (AvgIpc) is 3.31. The molecule has 3 rings (SSSR count). The van der Waals surface area contributed by atoms with E-state index in [-0.39, 0.29) is 12.0 Å². The molecule has 2 heterocycles. The highest BCUT2D eigenvalue weighted by Gasteiger charge is 2.13. The molecular weight excluding hydrogens is 380 g/mol.